The Labute approximate surface area is 90.1 Å². The minimum absolute atomic E-state index is 0.189. The second kappa shape index (κ2) is 3.62. The van der Waals surface area contributed by atoms with E-state index >= 15 is 0 Å². The van der Waals surface area contributed by atoms with E-state index in [9.17, 15) is 9.18 Å². The highest BCUT2D eigenvalue weighted by atomic mass is 35.5. The van der Waals surface area contributed by atoms with Crippen LogP contribution in [0.25, 0.3) is 5.65 Å². The van der Waals surface area contributed by atoms with E-state index in [2.05, 4.69) is 4.98 Å². The molecule has 0 radical (unpaired) electrons. The number of fused-ring (bicyclic) bond motifs is 1. The maximum Gasteiger partial charge on any atom is 0.262 e. The monoisotopic (exact) mass is 226 g/mol. The fourth-order valence-electron chi connectivity index (χ4n) is 1.42. The SMILES string of the molecule is CCc1c(Cl)nc2ccc(F)cn2c1=O. The number of rotatable bonds is 1. The zero-order valence-corrected chi connectivity index (χ0v) is 8.75. The maximum atomic E-state index is 12.9. The summed E-state index contributed by atoms with van der Waals surface area (Å²) in [7, 11) is 0. The van der Waals surface area contributed by atoms with Crippen molar-refractivity contribution < 1.29 is 4.39 Å². The van der Waals surface area contributed by atoms with E-state index in [0.29, 0.717) is 17.6 Å². The molecule has 2 rings (SSSR count). The summed E-state index contributed by atoms with van der Waals surface area (Å²) in [4.78, 5) is 15.8. The molecular formula is C10H8ClFN2O. The van der Waals surface area contributed by atoms with Gasteiger partial charge in [-0.2, -0.15) is 0 Å². The molecule has 15 heavy (non-hydrogen) atoms. The molecule has 2 heterocycles. The van der Waals surface area contributed by atoms with Crippen molar-refractivity contribution in [1.82, 2.24) is 9.38 Å². The van der Waals surface area contributed by atoms with Gasteiger partial charge in [0.2, 0.25) is 0 Å². The lowest BCUT2D eigenvalue weighted by Gasteiger charge is -2.04. The Hall–Kier alpha value is -1.42. The van der Waals surface area contributed by atoms with Gasteiger partial charge in [-0.05, 0) is 18.6 Å². The van der Waals surface area contributed by atoms with Crippen molar-refractivity contribution in [2.75, 3.05) is 0 Å². The second-order valence-corrected chi connectivity index (χ2v) is 3.47. The van der Waals surface area contributed by atoms with Crippen molar-refractivity contribution in [3.63, 3.8) is 0 Å². The van der Waals surface area contributed by atoms with Crippen molar-refractivity contribution in [1.29, 1.82) is 0 Å². The van der Waals surface area contributed by atoms with Gasteiger partial charge in [0.25, 0.3) is 5.56 Å². The van der Waals surface area contributed by atoms with Crippen molar-refractivity contribution in [3.8, 4) is 0 Å². The molecule has 2 aromatic heterocycles. The van der Waals surface area contributed by atoms with Crippen molar-refractivity contribution in [3.05, 3.63) is 45.2 Å². The first kappa shape index (κ1) is 10.1. The lowest BCUT2D eigenvalue weighted by Crippen LogP contribution is -2.20. The Morgan fingerprint density at radius 2 is 2.27 bits per heavy atom. The first-order valence-electron chi connectivity index (χ1n) is 4.49. The van der Waals surface area contributed by atoms with Gasteiger partial charge >= 0.3 is 0 Å². The van der Waals surface area contributed by atoms with Crippen LogP contribution >= 0.6 is 11.6 Å². The van der Waals surface area contributed by atoms with Crippen molar-refractivity contribution >= 4 is 17.2 Å². The van der Waals surface area contributed by atoms with E-state index in [1.54, 1.807) is 6.92 Å². The predicted molar refractivity (Wildman–Crippen MR) is 55.8 cm³/mol. The highest BCUT2D eigenvalue weighted by Crippen LogP contribution is 2.11. The summed E-state index contributed by atoms with van der Waals surface area (Å²) in [5.41, 5.74) is 0.440. The molecule has 0 fully saturated rings. The first-order chi connectivity index (χ1) is 7.13. The number of aromatic nitrogens is 2. The van der Waals surface area contributed by atoms with Gasteiger partial charge in [0.1, 0.15) is 16.6 Å². The lowest BCUT2D eigenvalue weighted by atomic mass is 10.2. The van der Waals surface area contributed by atoms with Gasteiger partial charge in [0.15, 0.2) is 0 Å². The molecule has 78 valence electrons. The number of hydrogen-bond donors (Lipinski definition) is 0. The minimum Gasteiger partial charge on any atom is -0.269 e. The molecule has 0 atom stereocenters. The van der Waals surface area contributed by atoms with Gasteiger partial charge in [-0.1, -0.05) is 18.5 Å². The standard InChI is InChI=1S/C10H8ClFN2O/c1-2-7-9(11)13-8-4-3-6(12)5-14(8)10(7)15/h3-5H,2H2,1H3. The molecule has 0 aliphatic carbocycles. The Morgan fingerprint density at radius 3 is 2.93 bits per heavy atom. The van der Waals surface area contributed by atoms with E-state index in [1.807, 2.05) is 0 Å². The highest BCUT2D eigenvalue weighted by Gasteiger charge is 2.09. The van der Waals surface area contributed by atoms with Crippen LogP contribution in [0.1, 0.15) is 12.5 Å². The van der Waals surface area contributed by atoms with Crippen LogP contribution in [0.3, 0.4) is 0 Å². The quantitative estimate of drug-likeness (QED) is 0.698. The second-order valence-electron chi connectivity index (χ2n) is 3.12. The summed E-state index contributed by atoms with van der Waals surface area (Å²) in [5, 5.41) is 0.189. The Balaban J connectivity index is 2.92. The van der Waals surface area contributed by atoms with Gasteiger partial charge in [-0.25, -0.2) is 9.37 Å². The number of hydrogen-bond acceptors (Lipinski definition) is 2. The summed E-state index contributed by atoms with van der Waals surface area (Å²) < 4.78 is 14.1. The third kappa shape index (κ3) is 1.61. The van der Waals surface area contributed by atoms with E-state index in [1.165, 1.54) is 16.5 Å². The maximum absolute atomic E-state index is 12.9. The molecule has 0 bridgehead atoms. The van der Waals surface area contributed by atoms with Crippen LogP contribution < -0.4 is 5.56 Å². The fraction of sp³-hybridized carbons (Fsp3) is 0.200. The Bertz CT molecular complexity index is 579. The smallest absolute Gasteiger partial charge is 0.262 e. The summed E-state index contributed by atoms with van der Waals surface area (Å²) in [6.45, 7) is 1.80. The molecule has 0 aliphatic heterocycles. The highest BCUT2D eigenvalue weighted by molar-refractivity contribution is 6.30. The molecule has 0 aromatic carbocycles. The van der Waals surface area contributed by atoms with Gasteiger partial charge in [0, 0.05) is 6.20 Å². The molecule has 2 aromatic rings. The first-order valence-corrected chi connectivity index (χ1v) is 4.87. The lowest BCUT2D eigenvalue weighted by molar-refractivity contribution is 0.617. The van der Waals surface area contributed by atoms with Crippen LogP contribution in [-0.2, 0) is 6.42 Å². The number of nitrogens with zero attached hydrogens (tertiary/aromatic N) is 2. The fourth-order valence-corrected chi connectivity index (χ4v) is 1.72. The molecule has 0 aliphatic rings. The summed E-state index contributed by atoms with van der Waals surface area (Å²) >= 11 is 5.83. The van der Waals surface area contributed by atoms with Crippen molar-refractivity contribution in [2.45, 2.75) is 13.3 Å². The van der Waals surface area contributed by atoms with Gasteiger partial charge in [0.05, 0.1) is 5.56 Å². The third-order valence-corrected chi connectivity index (χ3v) is 2.50. The Morgan fingerprint density at radius 1 is 1.53 bits per heavy atom. The molecule has 0 saturated heterocycles. The Kier molecular flexibility index (Phi) is 2.44. The van der Waals surface area contributed by atoms with E-state index in [0.717, 1.165) is 6.20 Å². The van der Waals surface area contributed by atoms with E-state index < -0.39 is 5.82 Å². The van der Waals surface area contributed by atoms with Gasteiger partial charge < -0.3 is 0 Å². The van der Waals surface area contributed by atoms with Crippen LogP contribution in [0.15, 0.2) is 23.1 Å². The molecule has 0 spiro atoms. The normalized spacial score (nSPS) is 10.9. The number of halogens is 2. The van der Waals surface area contributed by atoms with Crippen molar-refractivity contribution in [2.24, 2.45) is 0 Å². The van der Waals surface area contributed by atoms with Gasteiger partial charge in [-0.3, -0.25) is 9.20 Å². The van der Waals surface area contributed by atoms with Crippen LogP contribution in [0.2, 0.25) is 5.15 Å². The van der Waals surface area contributed by atoms with Crippen LogP contribution in [0, 0.1) is 5.82 Å². The van der Waals surface area contributed by atoms with E-state index in [-0.39, 0.29) is 10.7 Å². The molecule has 0 N–H and O–H groups in total. The van der Waals surface area contributed by atoms with E-state index in [4.69, 9.17) is 11.6 Å². The molecule has 0 saturated carbocycles. The van der Waals surface area contributed by atoms with Gasteiger partial charge in [-0.15, -0.1) is 0 Å². The zero-order chi connectivity index (χ0) is 11.0. The largest absolute Gasteiger partial charge is 0.269 e. The molecule has 0 amide bonds. The average Bonchev–Trinajstić information content (AvgIpc) is 2.20. The third-order valence-electron chi connectivity index (χ3n) is 2.18. The van der Waals surface area contributed by atoms with Crippen LogP contribution in [0.5, 0.6) is 0 Å². The minimum atomic E-state index is -0.476. The summed E-state index contributed by atoms with van der Waals surface area (Å²) in [5.74, 6) is -0.476. The topological polar surface area (TPSA) is 34.4 Å². The average molecular weight is 227 g/mol. The van der Waals surface area contributed by atoms with Crippen LogP contribution in [0.4, 0.5) is 4.39 Å². The molecule has 3 nitrogen and oxygen atoms in total. The summed E-state index contributed by atoms with van der Waals surface area (Å²) in [6.07, 6.45) is 1.59. The molecule has 5 heteroatoms. The zero-order valence-electron chi connectivity index (χ0n) is 8.00. The van der Waals surface area contributed by atoms with Crippen LogP contribution in [-0.4, -0.2) is 9.38 Å². The molecule has 0 unspecified atom stereocenters. The predicted octanol–water partition coefficient (Wildman–Crippen LogP) is 2.05. The number of pyridine rings is 1. The molecular weight excluding hydrogens is 219 g/mol. The summed E-state index contributed by atoms with van der Waals surface area (Å²) in [6, 6.07) is 2.66.